The van der Waals surface area contributed by atoms with E-state index in [-0.39, 0.29) is 5.69 Å². The Bertz CT molecular complexity index is 795. The van der Waals surface area contributed by atoms with Gasteiger partial charge < -0.3 is 4.74 Å². The van der Waals surface area contributed by atoms with Crippen LogP contribution in [-0.2, 0) is 4.74 Å². The summed E-state index contributed by atoms with van der Waals surface area (Å²) in [5.41, 5.74) is 3.01. The minimum atomic E-state index is -0.497. The zero-order valence-electron chi connectivity index (χ0n) is 12.2. The molecule has 1 aromatic carbocycles. The van der Waals surface area contributed by atoms with Crippen molar-refractivity contribution in [3.05, 3.63) is 60.0 Å². The topological polar surface area (TPSA) is 69.9 Å². The zero-order chi connectivity index (χ0) is 15.5. The number of rotatable bonds is 3. The van der Waals surface area contributed by atoms with E-state index in [1.54, 1.807) is 24.5 Å². The lowest BCUT2D eigenvalue weighted by molar-refractivity contribution is 0.0593. The summed E-state index contributed by atoms with van der Waals surface area (Å²) < 4.78 is 6.28. The average Bonchev–Trinajstić information content (AvgIpc) is 3.01. The molecule has 2 aromatic heterocycles. The Kier molecular flexibility index (Phi) is 3.65. The molecule has 110 valence electrons. The van der Waals surface area contributed by atoms with Crippen molar-refractivity contribution in [1.82, 2.24) is 19.7 Å². The Morgan fingerprint density at radius 3 is 2.45 bits per heavy atom. The van der Waals surface area contributed by atoms with Crippen LogP contribution in [-0.4, -0.2) is 32.8 Å². The highest BCUT2D eigenvalue weighted by Crippen LogP contribution is 2.23. The highest BCUT2D eigenvalue weighted by atomic mass is 16.5. The summed E-state index contributed by atoms with van der Waals surface area (Å²) in [4.78, 5) is 20.1. The molecule has 0 aliphatic rings. The number of benzene rings is 1. The van der Waals surface area contributed by atoms with Gasteiger partial charge in [-0.3, -0.25) is 0 Å². The summed E-state index contributed by atoms with van der Waals surface area (Å²) in [7, 11) is 1.33. The third kappa shape index (κ3) is 2.58. The standard InChI is InChI=1S/C16H14N4O2/c1-11-4-6-12(7-5-11)14-10-13(15(21)22-2)19-20(14)16-17-8-3-9-18-16/h3-10H,1-2H3. The number of carbonyl (C=O) groups is 1. The number of hydrogen-bond donors (Lipinski definition) is 0. The first-order valence-corrected chi connectivity index (χ1v) is 6.72. The first-order chi connectivity index (χ1) is 10.7. The quantitative estimate of drug-likeness (QED) is 0.694. The van der Waals surface area contributed by atoms with Gasteiger partial charge in [0.25, 0.3) is 5.95 Å². The van der Waals surface area contributed by atoms with Crippen molar-refractivity contribution in [3.8, 4) is 17.2 Å². The molecule has 0 amide bonds. The van der Waals surface area contributed by atoms with Gasteiger partial charge in [-0.15, -0.1) is 0 Å². The third-order valence-electron chi connectivity index (χ3n) is 3.19. The van der Waals surface area contributed by atoms with E-state index in [4.69, 9.17) is 4.74 Å². The number of nitrogens with zero attached hydrogens (tertiary/aromatic N) is 4. The fourth-order valence-electron chi connectivity index (χ4n) is 2.07. The molecule has 0 N–H and O–H groups in total. The molecule has 0 spiro atoms. The van der Waals surface area contributed by atoms with Crippen LogP contribution in [0.3, 0.4) is 0 Å². The molecule has 6 heteroatoms. The molecule has 3 aromatic rings. The molecule has 3 rings (SSSR count). The number of aryl methyl sites for hydroxylation is 1. The average molecular weight is 294 g/mol. The van der Waals surface area contributed by atoms with Gasteiger partial charge in [0.05, 0.1) is 12.8 Å². The van der Waals surface area contributed by atoms with Crippen LogP contribution in [0.1, 0.15) is 16.1 Å². The molecule has 0 radical (unpaired) electrons. The second-order valence-electron chi connectivity index (χ2n) is 4.73. The van der Waals surface area contributed by atoms with E-state index in [9.17, 15) is 4.79 Å². The van der Waals surface area contributed by atoms with Gasteiger partial charge in [-0.1, -0.05) is 29.8 Å². The predicted octanol–water partition coefficient (Wildman–Crippen LogP) is 2.42. The molecular formula is C16H14N4O2. The first-order valence-electron chi connectivity index (χ1n) is 6.72. The smallest absolute Gasteiger partial charge is 0.358 e. The van der Waals surface area contributed by atoms with E-state index in [1.165, 1.54) is 11.8 Å². The van der Waals surface area contributed by atoms with Gasteiger partial charge in [0.15, 0.2) is 5.69 Å². The van der Waals surface area contributed by atoms with Crippen LogP contribution in [0.15, 0.2) is 48.8 Å². The van der Waals surface area contributed by atoms with Gasteiger partial charge in [-0.2, -0.15) is 9.78 Å². The van der Waals surface area contributed by atoms with Gasteiger partial charge in [0, 0.05) is 18.0 Å². The van der Waals surface area contributed by atoms with Crippen LogP contribution in [0.25, 0.3) is 17.2 Å². The van der Waals surface area contributed by atoms with Crippen molar-refractivity contribution in [2.24, 2.45) is 0 Å². The number of methoxy groups -OCH3 is 1. The molecule has 6 nitrogen and oxygen atoms in total. The Labute approximate surface area is 127 Å². The lowest BCUT2D eigenvalue weighted by atomic mass is 10.1. The fourth-order valence-corrected chi connectivity index (χ4v) is 2.07. The van der Waals surface area contributed by atoms with Crippen molar-refractivity contribution >= 4 is 5.97 Å². The maximum Gasteiger partial charge on any atom is 0.358 e. The Morgan fingerprint density at radius 2 is 1.82 bits per heavy atom. The largest absolute Gasteiger partial charge is 0.464 e. The molecule has 0 fully saturated rings. The summed E-state index contributed by atoms with van der Waals surface area (Å²) in [5.74, 6) is -0.101. The molecule has 2 heterocycles. The predicted molar refractivity (Wildman–Crippen MR) is 80.7 cm³/mol. The molecule has 0 aliphatic heterocycles. The summed E-state index contributed by atoms with van der Waals surface area (Å²) in [6, 6.07) is 11.3. The molecular weight excluding hydrogens is 280 g/mol. The van der Waals surface area contributed by atoms with E-state index in [1.807, 2.05) is 31.2 Å². The highest BCUT2D eigenvalue weighted by molar-refractivity contribution is 5.88. The summed E-state index contributed by atoms with van der Waals surface area (Å²) in [6.07, 6.45) is 3.25. The van der Waals surface area contributed by atoms with Crippen LogP contribution in [0.2, 0.25) is 0 Å². The second-order valence-corrected chi connectivity index (χ2v) is 4.73. The van der Waals surface area contributed by atoms with Crippen LogP contribution in [0.5, 0.6) is 0 Å². The van der Waals surface area contributed by atoms with Crippen LogP contribution < -0.4 is 0 Å². The number of hydrogen-bond acceptors (Lipinski definition) is 5. The zero-order valence-corrected chi connectivity index (χ0v) is 12.2. The lowest BCUT2D eigenvalue weighted by Crippen LogP contribution is -2.07. The van der Waals surface area contributed by atoms with Crippen molar-refractivity contribution in [2.75, 3.05) is 7.11 Å². The SMILES string of the molecule is COC(=O)c1cc(-c2ccc(C)cc2)n(-c2ncccn2)n1. The number of carbonyl (C=O) groups excluding carboxylic acids is 1. The molecule has 0 aliphatic carbocycles. The third-order valence-corrected chi connectivity index (χ3v) is 3.19. The lowest BCUT2D eigenvalue weighted by Gasteiger charge is -2.05. The maximum atomic E-state index is 11.8. The summed E-state index contributed by atoms with van der Waals surface area (Å²) >= 11 is 0. The highest BCUT2D eigenvalue weighted by Gasteiger charge is 2.18. The van der Waals surface area contributed by atoms with Crippen molar-refractivity contribution in [1.29, 1.82) is 0 Å². The number of aromatic nitrogens is 4. The van der Waals surface area contributed by atoms with E-state index in [2.05, 4.69) is 15.1 Å². The van der Waals surface area contributed by atoms with E-state index < -0.39 is 5.97 Å². The Morgan fingerprint density at radius 1 is 1.14 bits per heavy atom. The van der Waals surface area contributed by atoms with Gasteiger partial charge in [0.1, 0.15) is 0 Å². The maximum absolute atomic E-state index is 11.8. The van der Waals surface area contributed by atoms with E-state index in [0.717, 1.165) is 16.8 Å². The Balaban J connectivity index is 2.17. The Hall–Kier alpha value is -3.02. The van der Waals surface area contributed by atoms with Crippen molar-refractivity contribution < 1.29 is 9.53 Å². The van der Waals surface area contributed by atoms with Crippen molar-refractivity contribution in [2.45, 2.75) is 6.92 Å². The molecule has 0 atom stereocenters. The minimum Gasteiger partial charge on any atom is -0.464 e. The fraction of sp³-hybridized carbons (Fsp3) is 0.125. The molecule has 0 saturated carbocycles. The molecule has 0 saturated heterocycles. The molecule has 0 unspecified atom stereocenters. The van der Waals surface area contributed by atoms with E-state index >= 15 is 0 Å². The van der Waals surface area contributed by atoms with Gasteiger partial charge in [0.2, 0.25) is 0 Å². The summed E-state index contributed by atoms with van der Waals surface area (Å²) in [5, 5.41) is 4.27. The monoisotopic (exact) mass is 294 g/mol. The number of ether oxygens (including phenoxy) is 1. The van der Waals surface area contributed by atoms with Gasteiger partial charge >= 0.3 is 5.97 Å². The van der Waals surface area contributed by atoms with Gasteiger partial charge in [-0.05, 0) is 19.1 Å². The van der Waals surface area contributed by atoms with Crippen LogP contribution >= 0.6 is 0 Å². The molecule has 0 bridgehead atoms. The van der Waals surface area contributed by atoms with Gasteiger partial charge in [-0.25, -0.2) is 14.8 Å². The first kappa shape index (κ1) is 13.9. The van der Waals surface area contributed by atoms with E-state index in [0.29, 0.717) is 5.95 Å². The normalized spacial score (nSPS) is 10.5. The van der Waals surface area contributed by atoms with Crippen molar-refractivity contribution in [3.63, 3.8) is 0 Å². The molecule has 22 heavy (non-hydrogen) atoms. The minimum absolute atomic E-state index is 0.213. The van der Waals surface area contributed by atoms with Crippen LogP contribution in [0, 0.1) is 6.92 Å². The number of esters is 1. The second kappa shape index (κ2) is 5.77. The van der Waals surface area contributed by atoms with Crippen LogP contribution in [0.4, 0.5) is 0 Å². The summed E-state index contributed by atoms with van der Waals surface area (Å²) in [6.45, 7) is 2.02.